The minimum atomic E-state index is 0.680. The highest BCUT2D eigenvalue weighted by atomic mass is 15.3. The third-order valence-electron chi connectivity index (χ3n) is 4.30. The van der Waals surface area contributed by atoms with E-state index in [2.05, 4.69) is 35.2 Å². The summed E-state index contributed by atoms with van der Waals surface area (Å²) < 4.78 is 1.99. The van der Waals surface area contributed by atoms with Crippen LogP contribution in [0.2, 0.25) is 0 Å². The van der Waals surface area contributed by atoms with Crippen molar-refractivity contribution in [2.24, 2.45) is 7.05 Å². The van der Waals surface area contributed by atoms with Crippen molar-refractivity contribution in [1.29, 1.82) is 0 Å². The lowest BCUT2D eigenvalue weighted by atomic mass is 10.0. The number of aryl methyl sites for hydroxylation is 1. The Labute approximate surface area is 117 Å². The van der Waals surface area contributed by atoms with Gasteiger partial charge >= 0.3 is 0 Å². The van der Waals surface area contributed by atoms with Crippen LogP contribution in [0.15, 0.2) is 12.3 Å². The van der Waals surface area contributed by atoms with Crippen LogP contribution in [0.4, 0.5) is 0 Å². The zero-order valence-corrected chi connectivity index (χ0v) is 12.6. The average Bonchev–Trinajstić information content (AvgIpc) is 2.82. The van der Waals surface area contributed by atoms with Crippen molar-refractivity contribution in [3.05, 3.63) is 18.0 Å². The summed E-state index contributed by atoms with van der Waals surface area (Å²) in [5.74, 6) is 0. The van der Waals surface area contributed by atoms with Gasteiger partial charge in [-0.3, -0.25) is 9.58 Å². The number of hydrogen-bond donors (Lipinski definition) is 1. The van der Waals surface area contributed by atoms with Crippen LogP contribution in [0.1, 0.15) is 38.8 Å². The van der Waals surface area contributed by atoms with Gasteiger partial charge in [-0.1, -0.05) is 20.3 Å². The van der Waals surface area contributed by atoms with E-state index in [1.165, 1.54) is 31.5 Å². The second kappa shape index (κ2) is 7.06. The molecule has 0 bridgehead atoms. The summed E-state index contributed by atoms with van der Waals surface area (Å²) in [6.45, 7) is 8.06. The SMILES string of the molecule is CCCC1CN(CCc2ccnn2C)C(CC)CN1. The Morgan fingerprint density at radius 3 is 2.89 bits per heavy atom. The molecular weight excluding hydrogens is 236 g/mol. The summed E-state index contributed by atoms with van der Waals surface area (Å²) in [6.07, 6.45) is 6.79. The third kappa shape index (κ3) is 3.80. The van der Waals surface area contributed by atoms with Crippen LogP contribution in [0, 0.1) is 0 Å². The molecule has 1 fully saturated rings. The largest absolute Gasteiger partial charge is 0.311 e. The van der Waals surface area contributed by atoms with Gasteiger partial charge in [-0.15, -0.1) is 0 Å². The van der Waals surface area contributed by atoms with Gasteiger partial charge in [0, 0.05) is 57.1 Å². The summed E-state index contributed by atoms with van der Waals surface area (Å²) in [4.78, 5) is 2.67. The summed E-state index contributed by atoms with van der Waals surface area (Å²) in [5, 5.41) is 7.95. The summed E-state index contributed by atoms with van der Waals surface area (Å²) >= 11 is 0. The Balaban J connectivity index is 1.89. The van der Waals surface area contributed by atoms with Gasteiger partial charge in [-0.25, -0.2) is 0 Å². The predicted octanol–water partition coefficient (Wildman–Crippen LogP) is 1.82. The van der Waals surface area contributed by atoms with Gasteiger partial charge in [0.05, 0.1) is 0 Å². The van der Waals surface area contributed by atoms with Crippen LogP contribution in [0.3, 0.4) is 0 Å². The van der Waals surface area contributed by atoms with Crippen LogP contribution in [-0.4, -0.2) is 46.4 Å². The summed E-state index contributed by atoms with van der Waals surface area (Å²) in [6, 6.07) is 3.51. The highest BCUT2D eigenvalue weighted by Gasteiger charge is 2.25. The molecule has 4 heteroatoms. The molecule has 4 nitrogen and oxygen atoms in total. The van der Waals surface area contributed by atoms with E-state index >= 15 is 0 Å². The Morgan fingerprint density at radius 1 is 1.42 bits per heavy atom. The minimum absolute atomic E-state index is 0.680. The van der Waals surface area contributed by atoms with E-state index in [0.29, 0.717) is 12.1 Å². The van der Waals surface area contributed by atoms with Crippen LogP contribution >= 0.6 is 0 Å². The van der Waals surface area contributed by atoms with E-state index in [-0.39, 0.29) is 0 Å². The number of piperazine rings is 1. The van der Waals surface area contributed by atoms with E-state index in [4.69, 9.17) is 0 Å². The second-order valence-electron chi connectivity index (χ2n) is 5.65. The molecule has 1 N–H and O–H groups in total. The summed E-state index contributed by atoms with van der Waals surface area (Å²) in [5.41, 5.74) is 1.33. The van der Waals surface area contributed by atoms with E-state index in [9.17, 15) is 0 Å². The van der Waals surface area contributed by atoms with Crippen LogP contribution in [0.25, 0.3) is 0 Å². The smallest absolute Gasteiger partial charge is 0.0492 e. The molecule has 19 heavy (non-hydrogen) atoms. The van der Waals surface area contributed by atoms with Gasteiger partial charge in [0.15, 0.2) is 0 Å². The molecule has 2 unspecified atom stereocenters. The second-order valence-corrected chi connectivity index (χ2v) is 5.65. The summed E-state index contributed by atoms with van der Waals surface area (Å²) in [7, 11) is 2.03. The van der Waals surface area contributed by atoms with Crippen LogP contribution in [-0.2, 0) is 13.5 Å². The fourth-order valence-electron chi connectivity index (χ4n) is 3.05. The number of nitrogens with one attached hydrogen (secondary N) is 1. The topological polar surface area (TPSA) is 33.1 Å². The molecule has 0 amide bonds. The van der Waals surface area contributed by atoms with E-state index in [0.717, 1.165) is 19.5 Å². The lowest BCUT2D eigenvalue weighted by molar-refractivity contribution is 0.124. The fourth-order valence-corrected chi connectivity index (χ4v) is 3.05. The Bertz CT molecular complexity index is 374. The van der Waals surface area contributed by atoms with Crippen molar-refractivity contribution in [2.45, 2.75) is 51.6 Å². The number of hydrogen-bond acceptors (Lipinski definition) is 3. The third-order valence-corrected chi connectivity index (χ3v) is 4.30. The van der Waals surface area contributed by atoms with Gasteiger partial charge in [-0.2, -0.15) is 5.10 Å². The Hall–Kier alpha value is -0.870. The molecule has 108 valence electrons. The number of nitrogens with zero attached hydrogens (tertiary/aromatic N) is 3. The minimum Gasteiger partial charge on any atom is -0.311 e. The maximum atomic E-state index is 4.25. The average molecular weight is 264 g/mol. The first-order valence-corrected chi connectivity index (χ1v) is 7.68. The number of aromatic nitrogens is 2. The fraction of sp³-hybridized carbons (Fsp3) is 0.800. The molecule has 2 heterocycles. The molecule has 0 aliphatic carbocycles. The van der Waals surface area contributed by atoms with Gasteiger partial charge < -0.3 is 5.32 Å². The van der Waals surface area contributed by atoms with Crippen molar-refractivity contribution in [1.82, 2.24) is 20.0 Å². The Kier molecular flexibility index (Phi) is 5.40. The lowest BCUT2D eigenvalue weighted by Crippen LogP contribution is -2.56. The van der Waals surface area contributed by atoms with Crippen molar-refractivity contribution in [2.75, 3.05) is 19.6 Å². The van der Waals surface area contributed by atoms with Crippen molar-refractivity contribution >= 4 is 0 Å². The highest BCUT2D eigenvalue weighted by Crippen LogP contribution is 2.14. The van der Waals surface area contributed by atoms with Gasteiger partial charge in [0.2, 0.25) is 0 Å². The molecule has 1 aliphatic rings. The predicted molar refractivity (Wildman–Crippen MR) is 79.3 cm³/mol. The number of rotatable bonds is 6. The standard InChI is InChI=1S/C15H28N4/c1-4-6-13-12-19(14(5-2)11-16-13)10-8-15-7-9-17-18(15)3/h7,9,13-14,16H,4-6,8,10-12H2,1-3H3. The first-order valence-electron chi connectivity index (χ1n) is 7.68. The van der Waals surface area contributed by atoms with Crippen molar-refractivity contribution in [3.8, 4) is 0 Å². The van der Waals surface area contributed by atoms with E-state index in [1.807, 2.05) is 17.9 Å². The normalized spacial score (nSPS) is 24.8. The molecule has 1 aromatic rings. The van der Waals surface area contributed by atoms with Crippen LogP contribution in [0.5, 0.6) is 0 Å². The zero-order chi connectivity index (χ0) is 13.7. The molecule has 1 aromatic heterocycles. The van der Waals surface area contributed by atoms with Gasteiger partial charge in [-0.05, 0) is 18.9 Å². The first kappa shape index (κ1) is 14.5. The van der Waals surface area contributed by atoms with E-state index < -0.39 is 0 Å². The van der Waals surface area contributed by atoms with E-state index in [1.54, 1.807) is 0 Å². The lowest BCUT2D eigenvalue weighted by Gasteiger charge is -2.40. The maximum absolute atomic E-state index is 4.25. The molecule has 2 rings (SSSR count). The molecule has 1 aliphatic heterocycles. The first-order chi connectivity index (χ1) is 9.24. The van der Waals surface area contributed by atoms with Crippen molar-refractivity contribution in [3.63, 3.8) is 0 Å². The quantitative estimate of drug-likeness (QED) is 0.851. The molecule has 0 radical (unpaired) electrons. The van der Waals surface area contributed by atoms with Crippen molar-refractivity contribution < 1.29 is 0 Å². The van der Waals surface area contributed by atoms with Gasteiger partial charge in [0.1, 0.15) is 0 Å². The maximum Gasteiger partial charge on any atom is 0.0492 e. The zero-order valence-electron chi connectivity index (χ0n) is 12.6. The molecule has 0 saturated carbocycles. The van der Waals surface area contributed by atoms with Crippen LogP contribution < -0.4 is 5.32 Å². The molecular formula is C15H28N4. The molecule has 0 aromatic carbocycles. The van der Waals surface area contributed by atoms with Gasteiger partial charge in [0.25, 0.3) is 0 Å². The Morgan fingerprint density at radius 2 is 2.26 bits per heavy atom. The molecule has 0 spiro atoms. The monoisotopic (exact) mass is 264 g/mol. The highest BCUT2D eigenvalue weighted by molar-refractivity contribution is 5.01. The molecule has 1 saturated heterocycles. The molecule has 2 atom stereocenters.